The van der Waals surface area contributed by atoms with Crippen molar-refractivity contribution in [3.05, 3.63) is 74.7 Å². The fourth-order valence-corrected chi connectivity index (χ4v) is 7.00. The molecular weight excluding hydrogens is 679 g/mol. The molecule has 3 aliphatic rings. The second kappa shape index (κ2) is 13.4. The molecule has 2 atom stereocenters. The van der Waals surface area contributed by atoms with Crippen LogP contribution in [0.25, 0.3) is 16.7 Å². The summed E-state index contributed by atoms with van der Waals surface area (Å²) in [6, 6.07) is 9.73. The number of hydrogen-bond donors (Lipinski definition) is 2. The number of benzene rings is 2. The summed E-state index contributed by atoms with van der Waals surface area (Å²) in [7, 11) is 1.28. The van der Waals surface area contributed by atoms with Gasteiger partial charge in [-0.1, -0.05) is 46.9 Å². The van der Waals surface area contributed by atoms with E-state index < -0.39 is 11.9 Å². The number of rotatable bonds is 3. The molecular formula is C34H33BrClFN4O5. The minimum atomic E-state index is -0.624. The molecule has 3 aromatic rings. The number of ether oxygens (including phenoxy) is 2. The highest BCUT2D eigenvalue weighted by Gasteiger charge is 2.32. The molecule has 4 heterocycles. The van der Waals surface area contributed by atoms with Gasteiger partial charge in [0.15, 0.2) is 0 Å². The van der Waals surface area contributed by atoms with Gasteiger partial charge in [0.1, 0.15) is 11.6 Å². The van der Waals surface area contributed by atoms with E-state index in [1.807, 2.05) is 24.0 Å². The first-order chi connectivity index (χ1) is 22.1. The number of methoxy groups -OCH3 is 1. The third kappa shape index (κ3) is 6.48. The van der Waals surface area contributed by atoms with Crippen LogP contribution >= 0.6 is 27.5 Å². The lowest BCUT2D eigenvalue weighted by atomic mass is 9.91. The Labute approximate surface area is 279 Å². The third-order valence-corrected chi connectivity index (χ3v) is 9.65. The van der Waals surface area contributed by atoms with Gasteiger partial charge in [-0.2, -0.15) is 0 Å². The third-order valence-electron chi connectivity index (χ3n) is 8.71. The van der Waals surface area contributed by atoms with Gasteiger partial charge >= 0.3 is 6.09 Å². The molecule has 3 aliphatic heterocycles. The van der Waals surface area contributed by atoms with Gasteiger partial charge in [-0.15, -0.1) is 0 Å². The Hall–Kier alpha value is -3.96. The highest BCUT2D eigenvalue weighted by molar-refractivity contribution is 9.10. The molecule has 0 aliphatic carbocycles. The molecule has 2 aromatic carbocycles. The lowest BCUT2D eigenvalue weighted by Gasteiger charge is -2.35. The zero-order valence-corrected chi connectivity index (χ0v) is 27.8. The van der Waals surface area contributed by atoms with Gasteiger partial charge in [-0.05, 0) is 73.6 Å². The molecule has 0 spiro atoms. The zero-order chi connectivity index (χ0) is 32.5. The largest absolute Gasteiger partial charge is 0.491 e. The second-order valence-corrected chi connectivity index (χ2v) is 13.0. The number of nitrogens with zero attached hydrogens (tertiary/aromatic N) is 2. The number of carbonyl (C=O) groups is 3. The average molecular weight is 712 g/mol. The summed E-state index contributed by atoms with van der Waals surface area (Å²) < 4.78 is 25.5. The van der Waals surface area contributed by atoms with E-state index in [2.05, 4.69) is 26.6 Å². The Morgan fingerprint density at radius 2 is 1.96 bits per heavy atom. The van der Waals surface area contributed by atoms with E-state index in [1.165, 1.54) is 13.2 Å². The van der Waals surface area contributed by atoms with Crippen molar-refractivity contribution in [1.82, 2.24) is 9.88 Å². The van der Waals surface area contributed by atoms with Gasteiger partial charge in [-0.3, -0.25) is 19.9 Å². The van der Waals surface area contributed by atoms with Crippen molar-refractivity contribution in [2.45, 2.75) is 51.5 Å². The number of halogens is 3. The van der Waals surface area contributed by atoms with Crippen LogP contribution in [0.1, 0.15) is 62.0 Å². The van der Waals surface area contributed by atoms with Crippen molar-refractivity contribution in [2.75, 3.05) is 30.9 Å². The number of amides is 3. The van der Waals surface area contributed by atoms with Gasteiger partial charge < -0.3 is 19.7 Å². The molecule has 0 saturated carbocycles. The molecule has 9 nitrogen and oxygen atoms in total. The van der Waals surface area contributed by atoms with E-state index >= 15 is 0 Å². The SMILES string of the molecule is COC(=O)Nc1ccc2c(c1)NC(=O)[C@H](C)CCC[C@H](N1CCC(c3cc(Cl)c(F)cc3Br)=CC1=O)c1cc-2c2c(n1)CCCO2. The summed E-state index contributed by atoms with van der Waals surface area (Å²) in [4.78, 5) is 46.1. The fourth-order valence-electron chi connectivity index (χ4n) is 6.27. The molecule has 46 heavy (non-hydrogen) atoms. The maximum absolute atomic E-state index is 14.0. The molecule has 2 bridgehead atoms. The highest BCUT2D eigenvalue weighted by atomic mass is 79.9. The van der Waals surface area contributed by atoms with Crippen LogP contribution in [0.4, 0.5) is 20.6 Å². The summed E-state index contributed by atoms with van der Waals surface area (Å²) in [6.45, 7) is 2.84. The van der Waals surface area contributed by atoms with E-state index in [4.69, 9.17) is 26.1 Å². The summed E-state index contributed by atoms with van der Waals surface area (Å²) >= 11 is 9.50. The second-order valence-electron chi connectivity index (χ2n) is 11.7. The zero-order valence-electron chi connectivity index (χ0n) is 25.4. The van der Waals surface area contributed by atoms with Crippen LogP contribution in [-0.4, -0.2) is 48.1 Å². The maximum Gasteiger partial charge on any atom is 0.411 e. The van der Waals surface area contributed by atoms with Crippen molar-refractivity contribution in [1.29, 1.82) is 0 Å². The Bertz CT molecular complexity index is 1770. The van der Waals surface area contributed by atoms with Gasteiger partial charge in [0, 0.05) is 39.8 Å². The van der Waals surface area contributed by atoms with E-state index in [9.17, 15) is 18.8 Å². The molecule has 1 aromatic heterocycles. The first kappa shape index (κ1) is 32.0. The van der Waals surface area contributed by atoms with Crippen molar-refractivity contribution in [2.24, 2.45) is 5.92 Å². The molecule has 0 fully saturated rings. The first-order valence-corrected chi connectivity index (χ1v) is 16.4. The monoisotopic (exact) mass is 710 g/mol. The number of carbonyl (C=O) groups excluding carboxylic acids is 3. The molecule has 0 unspecified atom stereocenters. The number of fused-ring (bicyclic) bond motifs is 6. The molecule has 0 radical (unpaired) electrons. The van der Waals surface area contributed by atoms with E-state index in [0.29, 0.717) is 78.0 Å². The van der Waals surface area contributed by atoms with Crippen LogP contribution in [0, 0.1) is 11.7 Å². The van der Waals surface area contributed by atoms with Crippen LogP contribution in [-0.2, 0) is 20.7 Å². The number of nitrogens with one attached hydrogen (secondary N) is 2. The predicted molar refractivity (Wildman–Crippen MR) is 177 cm³/mol. The average Bonchev–Trinajstić information content (AvgIpc) is 3.04. The number of aryl methyl sites for hydroxylation is 1. The van der Waals surface area contributed by atoms with Crippen LogP contribution in [0.15, 0.2) is 46.9 Å². The highest BCUT2D eigenvalue weighted by Crippen LogP contribution is 2.44. The van der Waals surface area contributed by atoms with Gasteiger partial charge in [0.25, 0.3) is 0 Å². The summed E-state index contributed by atoms with van der Waals surface area (Å²) in [6.07, 6.45) is 4.92. The lowest BCUT2D eigenvalue weighted by Crippen LogP contribution is -2.38. The van der Waals surface area contributed by atoms with Crippen LogP contribution in [0.3, 0.4) is 0 Å². The summed E-state index contributed by atoms with van der Waals surface area (Å²) in [5.74, 6) is -0.525. The number of aromatic nitrogens is 1. The minimum Gasteiger partial charge on any atom is -0.491 e. The Morgan fingerprint density at radius 1 is 1.13 bits per heavy atom. The van der Waals surface area contributed by atoms with Gasteiger partial charge in [0.2, 0.25) is 11.8 Å². The standard InChI is InChI=1S/C34H33BrClFN4O5/c1-18-5-3-7-30(41-11-10-19(13-31(41)42)22-15-25(36)26(37)17-24(22)35)29-16-23(32-27(39-29)6-4-12-46-32)21-9-8-20(38-34(44)45-2)14-28(21)40-33(18)43/h8-9,13-18,30H,3-7,10-12H2,1-2H3,(H,38,44)(H,40,43)/t18-,30+/m1/s1. The summed E-state index contributed by atoms with van der Waals surface area (Å²) in [5, 5.41) is 5.74. The smallest absolute Gasteiger partial charge is 0.411 e. The van der Waals surface area contributed by atoms with Crippen molar-refractivity contribution >= 4 is 62.4 Å². The number of pyridine rings is 1. The van der Waals surface area contributed by atoms with Gasteiger partial charge in [0.05, 0.1) is 41.9 Å². The fraction of sp³-hybridized carbons (Fsp3) is 0.353. The van der Waals surface area contributed by atoms with Crippen LogP contribution < -0.4 is 15.4 Å². The normalized spacial score (nSPS) is 19.8. The quantitative estimate of drug-likeness (QED) is 0.267. The van der Waals surface area contributed by atoms with Gasteiger partial charge in [-0.25, -0.2) is 9.18 Å². The number of anilines is 2. The molecule has 12 heteroatoms. The topological polar surface area (TPSA) is 110 Å². The predicted octanol–water partition coefficient (Wildman–Crippen LogP) is 7.92. The lowest BCUT2D eigenvalue weighted by molar-refractivity contribution is -0.129. The Kier molecular flexibility index (Phi) is 9.33. The van der Waals surface area contributed by atoms with Crippen LogP contribution in [0.2, 0.25) is 5.02 Å². The van der Waals surface area contributed by atoms with E-state index in [1.54, 1.807) is 24.3 Å². The molecule has 2 N–H and O–H groups in total. The Balaban J connectivity index is 1.44. The number of hydrogen-bond acceptors (Lipinski definition) is 6. The van der Waals surface area contributed by atoms with Crippen molar-refractivity contribution < 1.29 is 28.2 Å². The first-order valence-electron chi connectivity index (χ1n) is 15.3. The molecule has 0 saturated heterocycles. The molecule has 3 amide bonds. The van der Waals surface area contributed by atoms with Crippen molar-refractivity contribution in [3.63, 3.8) is 0 Å². The van der Waals surface area contributed by atoms with Crippen molar-refractivity contribution in [3.8, 4) is 16.9 Å². The maximum atomic E-state index is 14.0. The van der Waals surface area contributed by atoms with E-state index in [0.717, 1.165) is 28.9 Å². The summed E-state index contributed by atoms with van der Waals surface area (Å²) in [5.41, 5.74) is 5.44. The molecule has 240 valence electrons. The molecule has 6 rings (SSSR count). The van der Waals surface area contributed by atoms with E-state index in [-0.39, 0.29) is 28.8 Å². The van der Waals surface area contributed by atoms with Crippen LogP contribution in [0.5, 0.6) is 5.75 Å². The minimum absolute atomic E-state index is 0.00654. The Morgan fingerprint density at radius 3 is 2.74 bits per heavy atom.